The molecule has 3 heteroatoms. The summed E-state index contributed by atoms with van der Waals surface area (Å²) >= 11 is 9.83. The third-order valence-electron chi connectivity index (χ3n) is 4.00. The Morgan fingerprint density at radius 2 is 1.80 bits per heavy atom. The molecule has 1 aliphatic heterocycles. The van der Waals surface area contributed by atoms with Crippen molar-refractivity contribution in [1.29, 1.82) is 0 Å². The van der Waals surface area contributed by atoms with Gasteiger partial charge in [0, 0.05) is 28.0 Å². The molecule has 0 aromatic heterocycles. The molecular formula is C17H17BrClN. The zero-order valence-corrected chi connectivity index (χ0v) is 13.5. The molecule has 1 N–H and O–H groups in total. The fourth-order valence-corrected chi connectivity index (χ4v) is 3.63. The normalized spacial score (nSPS) is 16.7. The topological polar surface area (TPSA) is 12.0 Å². The van der Waals surface area contributed by atoms with Crippen LogP contribution in [0.4, 0.5) is 0 Å². The minimum Gasteiger partial charge on any atom is -0.315 e. The van der Waals surface area contributed by atoms with E-state index in [0.29, 0.717) is 5.41 Å². The van der Waals surface area contributed by atoms with Crippen LogP contribution in [-0.4, -0.2) is 13.1 Å². The molecule has 0 saturated carbocycles. The molecule has 0 aliphatic carbocycles. The van der Waals surface area contributed by atoms with Gasteiger partial charge < -0.3 is 5.32 Å². The van der Waals surface area contributed by atoms with Gasteiger partial charge in [-0.1, -0.05) is 63.9 Å². The van der Waals surface area contributed by atoms with Crippen LogP contribution in [0.1, 0.15) is 11.1 Å². The molecule has 1 nitrogen and oxygen atoms in total. The number of rotatable bonds is 4. The van der Waals surface area contributed by atoms with Crippen molar-refractivity contribution in [3.05, 3.63) is 69.2 Å². The van der Waals surface area contributed by atoms with Gasteiger partial charge in [-0.15, -0.1) is 0 Å². The summed E-state index contributed by atoms with van der Waals surface area (Å²) in [7, 11) is 0. The van der Waals surface area contributed by atoms with Crippen LogP contribution in [0.3, 0.4) is 0 Å². The molecule has 104 valence electrons. The third kappa shape index (κ3) is 3.08. The van der Waals surface area contributed by atoms with E-state index in [-0.39, 0.29) is 0 Å². The predicted octanol–water partition coefficient (Wildman–Crippen LogP) is 4.48. The van der Waals surface area contributed by atoms with Gasteiger partial charge in [-0.2, -0.15) is 0 Å². The zero-order chi connectivity index (χ0) is 14.0. The lowest BCUT2D eigenvalue weighted by Crippen LogP contribution is -2.56. The van der Waals surface area contributed by atoms with E-state index in [4.69, 9.17) is 11.6 Å². The Balaban J connectivity index is 1.79. The SMILES string of the molecule is Clc1cc(Br)ccc1CC1(Cc2ccccc2)CNC1. The summed E-state index contributed by atoms with van der Waals surface area (Å²) < 4.78 is 1.04. The largest absolute Gasteiger partial charge is 0.315 e. The first-order chi connectivity index (χ1) is 9.67. The average molecular weight is 351 g/mol. The van der Waals surface area contributed by atoms with E-state index >= 15 is 0 Å². The van der Waals surface area contributed by atoms with Crippen LogP contribution in [0.25, 0.3) is 0 Å². The summed E-state index contributed by atoms with van der Waals surface area (Å²) in [4.78, 5) is 0. The van der Waals surface area contributed by atoms with Crippen LogP contribution in [0, 0.1) is 5.41 Å². The van der Waals surface area contributed by atoms with Crippen LogP contribution < -0.4 is 5.32 Å². The highest BCUT2D eigenvalue weighted by Gasteiger charge is 2.37. The van der Waals surface area contributed by atoms with Crippen LogP contribution in [0.2, 0.25) is 5.02 Å². The van der Waals surface area contributed by atoms with Crippen molar-refractivity contribution in [2.24, 2.45) is 5.41 Å². The first kappa shape index (κ1) is 14.1. The Labute approximate surface area is 133 Å². The van der Waals surface area contributed by atoms with E-state index in [9.17, 15) is 0 Å². The summed E-state index contributed by atoms with van der Waals surface area (Å²) in [6.07, 6.45) is 2.13. The summed E-state index contributed by atoms with van der Waals surface area (Å²) in [5.74, 6) is 0. The smallest absolute Gasteiger partial charge is 0.0449 e. The van der Waals surface area contributed by atoms with E-state index in [2.05, 4.69) is 63.7 Å². The first-order valence-electron chi connectivity index (χ1n) is 6.86. The predicted molar refractivity (Wildman–Crippen MR) is 88.3 cm³/mol. The molecule has 1 saturated heterocycles. The molecular weight excluding hydrogens is 334 g/mol. The Morgan fingerprint density at radius 3 is 2.40 bits per heavy atom. The van der Waals surface area contributed by atoms with Gasteiger partial charge in [0.1, 0.15) is 0 Å². The highest BCUT2D eigenvalue weighted by Crippen LogP contribution is 2.34. The molecule has 2 aromatic rings. The zero-order valence-electron chi connectivity index (χ0n) is 11.2. The van der Waals surface area contributed by atoms with Crippen molar-refractivity contribution < 1.29 is 0 Å². The summed E-state index contributed by atoms with van der Waals surface area (Å²) in [6.45, 7) is 2.13. The Hall–Kier alpha value is -0.830. The molecule has 3 rings (SSSR count). The first-order valence-corrected chi connectivity index (χ1v) is 8.03. The molecule has 0 bridgehead atoms. The minimum absolute atomic E-state index is 0.304. The number of halogens is 2. The Bertz CT molecular complexity index is 593. The minimum atomic E-state index is 0.304. The van der Waals surface area contributed by atoms with Crippen LogP contribution in [0.15, 0.2) is 53.0 Å². The van der Waals surface area contributed by atoms with Crippen molar-refractivity contribution in [3.8, 4) is 0 Å². The van der Waals surface area contributed by atoms with Gasteiger partial charge in [-0.05, 0) is 36.1 Å². The maximum Gasteiger partial charge on any atom is 0.0449 e. The Morgan fingerprint density at radius 1 is 1.05 bits per heavy atom. The number of benzene rings is 2. The molecule has 0 spiro atoms. The standard InChI is InChI=1S/C17H17BrClN/c18-15-7-6-14(16(19)8-15)10-17(11-20-12-17)9-13-4-2-1-3-5-13/h1-8,20H,9-12H2. The highest BCUT2D eigenvalue weighted by atomic mass is 79.9. The van der Waals surface area contributed by atoms with Crippen molar-refractivity contribution >= 4 is 27.5 Å². The quantitative estimate of drug-likeness (QED) is 0.857. The van der Waals surface area contributed by atoms with Crippen molar-refractivity contribution in [3.63, 3.8) is 0 Å². The lowest BCUT2D eigenvalue weighted by molar-refractivity contribution is 0.167. The second-order valence-electron chi connectivity index (χ2n) is 5.68. The van der Waals surface area contributed by atoms with Gasteiger partial charge in [-0.25, -0.2) is 0 Å². The van der Waals surface area contributed by atoms with Gasteiger partial charge in [0.25, 0.3) is 0 Å². The number of hydrogen-bond acceptors (Lipinski definition) is 1. The van der Waals surface area contributed by atoms with Crippen LogP contribution in [-0.2, 0) is 12.8 Å². The molecule has 0 radical (unpaired) electrons. The van der Waals surface area contributed by atoms with Gasteiger partial charge in [-0.3, -0.25) is 0 Å². The van der Waals surface area contributed by atoms with Gasteiger partial charge in [0.05, 0.1) is 0 Å². The van der Waals surface area contributed by atoms with Crippen molar-refractivity contribution in [1.82, 2.24) is 5.32 Å². The second-order valence-corrected chi connectivity index (χ2v) is 7.00. The van der Waals surface area contributed by atoms with Gasteiger partial charge in [0.2, 0.25) is 0 Å². The lowest BCUT2D eigenvalue weighted by Gasteiger charge is -2.43. The molecule has 0 amide bonds. The second kappa shape index (κ2) is 5.88. The van der Waals surface area contributed by atoms with Gasteiger partial charge in [0.15, 0.2) is 0 Å². The van der Waals surface area contributed by atoms with E-state index in [0.717, 1.165) is 35.4 Å². The van der Waals surface area contributed by atoms with E-state index in [1.165, 1.54) is 11.1 Å². The fourth-order valence-electron chi connectivity index (χ4n) is 2.89. The monoisotopic (exact) mass is 349 g/mol. The van der Waals surface area contributed by atoms with Crippen molar-refractivity contribution in [2.45, 2.75) is 12.8 Å². The third-order valence-corrected chi connectivity index (χ3v) is 4.85. The molecule has 2 aromatic carbocycles. The molecule has 20 heavy (non-hydrogen) atoms. The summed E-state index contributed by atoms with van der Waals surface area (Å²) in [5, 5.41) is 4.28. The lowest BCUT2D eigenvalue weighted by atomic mass is 9.72. The maximum absolute atomic E-state index is 6.37. The number of nitrogens with one attached hydrogen (secondary N) is 1. The molecule has 0 unspecified atom stereocenters. The highest BCUT2D eigenvalue weighted by molar-refractivity contribution is 9.10. The van der Waals surface area contributed by atoms with Crippen LogP contribution in [0.5, 0.6) is 0 Å². The van der Waals surface area contributed by atoms with Crippen molar-refractivity contribution in [2.75, 3.05) is 13.1 Å². The maximum atomic E-state index is 6.37. The fraction of sp³-hybridized carbons (Fsp3) is 0.294. The Kier molecular flexibility index (Phi) is 4.16. The number of hydrogen-bond donors (Lipinski definition) is 1. The summed E-state index contributed by atoms with van der Waals surface area (Å²) in [5.41, 5.74) is 2.95. The van der Waals surface area contributed by atoms with Crippen LogP contribution >= 0.6 is 27.5 Å². The molecule has 1 aliphatic rings. The summed E-state index contributed by atoms with van der Waals surface area (Å²) in [6, 6.07) is 16.9. The average Bonchev–Trinajstić information content (AvgIpc) is 2.40. The van der Waals surface area contributed by atoms with E-state index in [1.807, 2.05) is 6.07 Å². The molecule has 1 fully saturated rings. The molecule has 0 atom stereocenters. The van der Waals surface area contributed by atoms with Gasteiger partial charge >= 0.3 is 0 Å². The van der Waals surface area contributed by atoms with E-state index in [1.54, 1.807) is 0 Å². The van der Waals surface area contributed by atoms with E-state index < -0.39 is 0 Å². The molecule has 1 heterocycles.